The SMILES string of the molecule is CC(=O)Nc1cccc(Nc2ccc3c(C4CCCNCC4)c[nH]c3n2)c1. The summed E-state index contributed by atoms with van der Waals surface area (Å²) in [7, 11) is 0. The zero-order chi connectivity index (χ0) is 18.6. The van der Waals surface area contributed by atoms with Crippen molar-refractivity contribution < 1.29 is 4.79 Å². The molecule has 0 radical (unpaired) electrons. The number of anilines is 3. The summed E-state index contributed by atoms with van der Waals surface area (Å²) in [6.45, 7) is 3.69. The van der Waals surface area contributed by atoms with Gasteiger partial charge in [-0.15, -0.1) is 0 Å². The molecule has 6 nitrogen and oxygen atoms in total. The molecule has 1 aliphatic heterocycles. The van der Waals surface area contributed by atoms with Crippen LogP contribution in [0.4, 0.5) is 17.2 Å². The Hall–Kier alpha value is -2.86. The van der Waals surface area contributed by atoms with Crippen LogP contribution >= 0.6 is 0 Å². The summed E-state index contributed by atoms with van der Waals surface area (Å²) >= 11 is 0. The van der Waals surface area contributed by atoms with E-state index in [2.05, 4.69) is 33.2 Å². The minimum atomic E-state index is -0.0840. The fourth-order valence-electron chi connectivity index (χ4n) is 3.79. The standard InChI is InChI=1S/C21H25N5O/c1-14(27)24-16-5-2-6-17(12-16)25-20-8-7-18-19(13-23-21(18)26-20)15-4-3-10-22-11-9-15/h2,5-8,12-13,15,22H,3-4,9-11H2,1H3,(H,24,27)(H2,23,25,26). The Bertz CT molecular complexity index is 941. The molecule has 27 heavy (non-hydrogen) atoms. The Balaban J connectivity index is 1.55. The zero-order valence-corrected chi connectivity index (χ0v) is 15.5. The Morgan fingerprint density at radius 1 is 1.15 bits per heavy atom. The van der Waals surface area contributed by atoms with Gasteiger partial charge in [-0.3, -0.25) is 4.79 Å². The maximum Gasteiger partial charge on any atom is 0.221 e. The van der Waals surface area contributed by atoms with Gasteiger partial charge in [0.1, 0.15) is 11.5 Å². The predicted molar refractivity (Wildman–Crippen MR) is 110 cm³/mol. The highest BCUT2D eigenvalue weighted by Gasteiger charge is 2.18. The van der Waals surface area contributed by atoms with Gasteiger partial charge in [0.15, 0.2) is 0 Å². The highest BCUT2D eigenvalue weighted by atomic mass is 16.1. The van der Waals surface area contributed by atoms with Gasteiger partial charge in [0, 0.05) is 29.9 Å². The van der Waals surface area contributed by atoms with Crippen LogP contribution in [0.1, 0.15) is 37.7 Å². The molecule has 0 spiro atoms. The van der Waals surface area contributed by atoms with Gasteiger partial charge in [-0.2, -0.15) is 0 Å². The lowest BCUT2D eigenvalue weighted by molar-refractivity contribution is -0.114. The zero-order valence-electron chi connectivity index (χ0n) is 15.5. The van der Waals surface area contributed by atoms with Gasteiger partial charge >= 0.3 is 0 Å². The van der Waals surface area contributed by atoms with E-state index in [0.29, 0.717) is 5.92 Å². The van der Waals surface area contributed by atoms with E-state index >= 15 is 0 Å². The number of nitrogens with zero attached hydrogens (tertiary/aromatic N) is 1. The first-order valence-electron chi connectivity index (χ1n) is 9.52. The molecular formula is C21H25N5O. The number of aromatic amines is 1. The molecule has 0 saturated carbocycles. The number of fused-ring (bicyclic) bond motifs is 1. The summed E-state index contributed by atoms with van der Waals surface area (Å²) in [6.07, 6.45) is 5.72. The molecule has 1 unspecified atom stereocenters. The maximum atomic E-state index is 11.2. The number of benzene rings is 1. The molecule has 1 atom stereocenters. The fraction of sp³-hybridized carbons (Fsp3) is 0.333. The second-order valence-electron chi connectivity index (χ2n) is 7.10. The molecule has 1 aliphatic rings. The van der Waals surface area contributed by atoms with E-state index < -0.39 is 0 Å². The number of pyridine rings is 1. The number of rotatable bonds is 4. The average molecular weight is 363 g/mol. The van der Waals surface area contributed by atoms with Crippen LogP contribution in [-0.2, 0) is 4.79 Å². The molecule has 1 fully saturated rings. The van der Waals surface area contributed by atoms with Gasteiger partial charge in [-0.05, 0) is 74.2 Å². The van der Waals surface area contributed by atoms with Crippen LogP contribution in [-0.4, -0.2) is 29.0 Å². The first-order chi connectivity index (χ1) is 13.2. The first-order valence-corrected chi connectivity index (χ1v) is 9.52. The number of carbonyl (C=O) groups is 1. The molecule has 4 rings (SSSR count). The van der Waals surface area contributed by atoms with Crippen molar-refractivity contribution in [3.8, 4) is 0 Å². The number of hydrogen-bond donors (Lipinski definition) is 4. The molecule has 3 heterocycles. The van der Waals surface area contributed by atoms with Crippen molar-refractivity contribution >= 4 is 34.1 Å². The summed E-state index contributed by atoms with van der Waals surface area (Å²) in [6, 6.07) is 11.8. The van der Waals surface area contributed by atoms with Gasteiger partial charge in [-0.1, -0.05) is 6.07 Å². The maximum absolute atomic E-state index is 11.2. The third-order valence-electron chi connectivity index (χ3n) is 5.04. The molecule has 1 amide bonds. The highest BCUT2D eigenvalue weighted by Crippen LogP contribution is 2.32. The third-order valence-corrected chi connectivity index (χ3v) is 5.04. The lowest BCUT2D eigenvalue weighted by Crippen LogP contribution is -2.13. The molecule has 6 heteroatoms. The topological polar surface area (TPSA) is 81.8 Å². The molecule has 140 valence electrons. The fourth-order valence-corrected chi connectivity index (χ4v) is 3.79. The molecular weight excluding hydrogens is 338 g/mol. The summed E-state index contributed by atoms with van der Waals surface area (Å²) in [5.41, 5.74) is 3.93. The molecule has 1 aromatic carbocycles. The molecule has 0 aliphatic carbocycles. The van der Waals surface area contributed by atoms with Crippen molar-refractivity contribution in [1.82, 2.24) is 15.3 Å². The van der Waals surface area contributed by atoms with E-state index in [4.69, 9.17) is 4.98 Å². The number of H-pyrrole nitrogens is 1. The Kier molecular flexibility index (Phi) is 5.07. The normalized spacial score (nSPS) is 17.4. The number of aromatic nitrogens is 2. The van der Waals surface area contributed by atoms with Crippen LogP contribution in [0.5, 0.6) is 0 Å². The Labute approximate surface area is 158 Å². The van der Waals surface area contributed by atoms with Crippen LogP contribution in [0, 0.1) is 0 Å². The van der Waals surface area contributed by atoms with E-state index in [9.17, 15) is 4.79 Å². The Morgan fingerprint density at radius 2 is 2.04 bits per heavy atom. The van der Waals surface area contributed by atoms with Crippen LogP contribution in [0.25, 0.3) is 11.0 Å². The molecule has 4 N–H and O–H groups in total. The predicted octanol–water partition coefficient (Wildman–Crippen LogP) is 4.12. The van der Waals surface area contributed by atoms with Gasteiger partial charge in [-0.25, -0.2) is 4.98 Å². The van der Waals surface area contributed by atoms with Crippen LogP contribution in [0.3, 0.4) is 0 Å². The Morgan fingerprint density at radius 3 is 2.93 bits per heavy atom. The minimum Gasteiger partial charge on any atom is -0.346 e. The van der Waals surface area contributed by atoms with Crippen molar-refractivity contribution in [1.29, 1.82) is 0 Å². The van der Waals surface area contributed by atoms with Gasteiger partial charge in [0.2, 0.25) is 5.91 Å². The molecule has 0 bridgehead atoms. The number of nitrogens with one attached hydrogen (secondary N) is 4. The molecule has 1 saturated heterocycles. The molecule has 3 aromatic rings. The number of hydrogen-bond acceptors (Lipinski definition) is 4. The van der Waals surface area contributed by atoms with E-state index in [1.54, 1.807) is 0 Å². The quantitative estimate of drug-likeness (QED) is 0.562. The van der Waals surface area contributed by atoms with Crippen LogP contribution in [0.2, 0.25) is 0 Å². The van der Waals surface area contributed by atoms with Crippen molar-refractivity contribution in [3.05, 3.63) is 48.2 Å². The van der Waals surface area contributed by atoms with Crippen molar-refractivity contribution in [2.75, 3.05) is 23.7 Å². The van der Waals surface area contributed by atoms with E-state index in [1.165, 1.54) is 37.1 Å². The van der Waals surface area contributed by atoms with E-state index in [1.807, 2.05) is 30.3 Å². The van der Waals surface area contributed by atoms with E-state index in [-0.39, 0.29) is 5.91 Å². The van der Waals surface area contributed by atoms with Crippen LogP contribution < -0.4 is 16.0 Å². The van der Waals surface area contributed by atoms with Gasteiger partial charge in [0.05, 0.1) is 0 Å². The average Bonchev–Trinajstić information content (AvgIpc) is 2.87. The summed E-state index contributed by atoms with van der Waals surface area (Å²) in [4.78, 5) is 19.3. The van der Waals surface area contributed by atoms with Crippen molar-refractivity contribution in [2.45, 2.75) is 32.1 Å². The second-order valence-corrected chi connectivity index (χ2v) is 7.10. The summed E-state index contributed by atoms with van der Waals surface area (Å²) < 4.78 is 0. The van der Waals surface area contributed by atoms with Gasteiger partial charge < -0.3 is 20.9 Å². The largest absolute Gasteiger partial charge is 0.346 e. The monoisotopic (exact) mass is 363 g/mol. The first kappa shape index (κ1) is 17.5. The van der Waals surface area contributed by atoms with E-state index in [0.717, 1.165) is 35.9 Å². The van der Waals surface area contributed by atoms with Crippen molar-refractivity contribution in [3.63, 3.8) is 0 Å². The van der Waals surface area contributed by atoms with Crippen molar-refractivity contribution in [2.24, 2.45) is 0 Å². The highest BCUT2D eigenvalue weighted by molar-refractivity contribution is 5.89. The third kappa shape index (κ3) is 4.11. The molecule has 2 aromatic heterocycles. The number of carbonyl (C=O) groups excluding carboxylic acids is 1. The van der Waals surface area contributed by atoms with Gasteiger partial charge in [0.25, 0.3) is 0 Å². The summed E-state index contributed by atoms with van der Waals surface area (Å²) in [5.74, 6) is 1.28. The smallest absolute Gasteiger partial charge is 0.221 e. The summed E-state index contributed by atoms with van der Waals surface area (Å²) in [5, 5.41) is 10.8. The lowest BCUT2D eigenvalue weighted by atomic mass is 9.92. The number of amides is 1. The second kappa shape index (κ2) is 7.80. The van der Waals surface area contributed by atoms with Crippen LogP contribution in [0.15, 0.2) is 42.6 Å². The minimum absolute atomic E-state index is 0.0840. The lowest BCUT2D eigenvalue weighted by Gasteiger charge is -2.13.